The van der Waals surface area contributed by atoms with Crippen LogP contribution in [0.25, 0.3) is 0 Å². The number of nitrogens with zero attached hydrogens (tertiary/aromatic N) is 1. The van der Waals surface area contributed by atoms with E-state index in [2.05, 4.69) is 5.32 Å². The third-order valence-corrected chi connectivity index (χ3v) is 3.88. The Morgan fingerprint density at radius 1 is 1.12 bits per heavy atom. The molecule has 3 N–H and O–H groups in total. The smallest absolute Gasteiger partial charge is 0.239 e. The molecule has 0 aromatic heterocycles. The summed E-state index contributed by atoms with van der Waals surface area (Å²) in [5.41, 5.74) is 7.02. The van der Waals surface area contributed by atoms with E-state index >= 15 is 0 Å². The monoisotopic (exact) mass is 341 g/mol. The lowest BCUT2D eigenvalue weighted by molar-refractivity contribution is -0.125. The van der Waals surface area contributed by atoms with Gasteiger partial charge in [0.05, 0.1) is 13.7 Å². The van der Waals surface area contributed by atoms with E-state index in [-0.39, 0.29) is 12.5 Å². The number of hydrogen-bond donors (Lipinski definition) is 2. The van der Waals surface area contributed by atoms with Crippen LogP contribution in [0.15, 0.2) is 54.6 Å². The van der Waals surface area contributed by atoms with Crippen LogP contribution in [-0.4, -0.2) is 36.9 Å². The third-order valence-electron chi connectivity index (χ3n) is 3.88. The summed E-state index contributed by atoms with van der Waals surface area (Å²) in [4.78, 5) is 26.1. The third kappa shape index (κ3) is 5.06. The predicted molar refractivity (Wildman–Crippen MR) is 97.2 cm³/mol. The second kappa shape index (κ2) is 8.84. The van der Waals surface area contributed by atoms with Crippen LogP contribution in [0.5, 0.6) is 5.75 Å². The van der Waals surface area contributed by atoms with Gasteiger partial charge < -0.3 is 15.8 Å². The average molecular weight is 341 g/mol. The van der Waals surface area contributed by atoms with Crippen molar-refractivity contribution in [3.8, 4) is 5.75 Å². The van der Waals surface area contributed by atoms with E-state index in [9.17, 15) is 9.59 Å². The molecule has 1 atom stereocenters. The van der Waals surface area contributed by atoms with Crippen molar-refractivity contribution in [2.24, 2.45) is 5.73 Å². The number of rotatable bonds is 8. The molecule has 6 nitrogen and oxygen atoms in total. The summed E-state index contributed by atoms with van der Waals surface area (Å²) in [6.07, 6.45) is 0. The van der Waals surface area contributed by atoms with Crippen LogP contribution in [-0.2, 0) is 9.59 Å². The SMILES string of the molecule is CCN(CC(=O)Nc1ccc(OC)cc1)C(C(N)=O)c1ccccc1. The van der Waals surface area contributed by atoms with Crippen molar-refractivity contribution in [2.45, 2.75) is 13.0 Å². The van der Waals surface area contributed by atoms with E-state index in [1.807, 2.05) is 37.3 Å². The summed E-state index contributed by atoms with van der Waals surface area (Å²) >= 11 is 0. The summed E-state index contributed by atoms with van der Waals surface area (Å²) in [5, 5.41) is 2.82. The average Bonchev–Trinajstić information content (AvgIpc) is 2.62. The molecule has 25 heavy (non-hydrogen) atoms. The first-order valence-corrected chi connectivity index (χ1v) is 8.07. The Morgan fingerprint density at radius 3 is 2.28 bits per heavy atom. The second-order valence-electron chi connectivity index (χ2n) is 5.56. The van der Waals surface area contributed by atoms with Crippen LogP contribution >= 0.6 is 0 Å². The van der Waals surface area contributed by atoms with Crippen LogP contribution < -0.4 is 15.8 Å². The zero-order valence-corrected chi connectivity index (χ0v) is 14.4. The molecule has 0 saturated carbocycles. The van der Waals surface area contributed by atoms with Crippen LogP contribution in [0, 0.1) is 0 Å². The molecule has 0 heterocycles. The highest BCUT2D eigenvalue weighted by Gasteiger charge is 2.26. The van der Waals surface area contributed by atoms with Gasteiger partial charge in [0, 0.05) is 5.69 Å². The maximum absolute atomic E-state index is 12.4. The van der Waals surface area contributed by atoms with Crippen molar-refractivity contribution in [3.05, 3.63) is 60.2 Å². The largest absolute Gasteiger partial charge is 0.497 e. The maximum atomic E-state index is 12.4. The van der Waals surface area contributed by atoms with Crippen molar-refractivity contribution >= 4 is 17.5 Å². The van der Waals surface area contributed by atoms with Gasteiger partial charge in [0.25, 0.3) is 0 Å². The molecule has 0 aliphatic carbocycles. The van der Waals surface area contributed by atoms with E-state index in [0.29, 0.717) is 18.0 Å². The molecule has 132 valence electrons. The number of primary amides is 1. The molecule has 0 bridgehead atoms. The van der Waals surface area contributed by atoms with E-state index < -0.39 is 11.9 Å². The number of nitrogens with one attached hydrogen (secondary N) is 1. The Bertz CT molecular complexity index is 702. The number of hydrogen-bond acceptors (Lipinski definition) is 4. The summed E-state index contributed by atoms with van der Waals surface area (Å²) in [5.74, 6) is 0.0190. The normalized spacial score (nSPS) is 11.8. The molecular formula is C19H23N3O3. The Hall–Kier alpha value is -2.86. The molecule has 0 saturated heterocycles. The molecule has 2 aromatic rings. The molecular weight excluding hydrogens is 318 g/mol. The van der Waals surface area contributed by atoms with Crippen molar-refractivity contribution in [2.75, 3.05) is 25.5 Å². The number of carbonyl (C=O) groups is 2. The summed E-state index contributed by atoms with van der Waals surface area (Å²) in [7, 11) is 1.58. The summed E-state index contributed by atoms with van der Waals surface area (Å²) in [6.45, 7) is 2.46. The number of ether oxygens (including phenoxy) is 1. The van der Waals surface area contributed by atoms with Gasteiger partial charge >= 0.3 is 0 Å². The van der Waals surface area contributed by atoms with E-state index in [1.54, 1.807) is 36.3 Å². The number of nitrogens with two attached hydrogens (primary N) is 1. The number of carbonyl (C=O) groups excluding carboxylic acids is 2. The number of methoxy groups -OCH3 is 1. The molecule has 0 spiro atoms. The van der Waals surface area contributed by atoms with Gasteiger partial charge in [-0.25, -0.2) is 0 Å². The van der Waals surface area contributed by atoms with Crippen molar-refractivity contribution in [3.63, 3.8) is 0 Å². The quantitative estimate of drug-likeness (QED) is 0.771. The van der Waals surface area contributed by atoms with Gasteiger partial charge in [-0.2, -0.15) is 0 Å². The number of benzene rings is 2. The minimum Gasteiger partial charge on any atom is -0.497 e. The molecule has 0 aliphatic rings. The Balaban J connectivity index is 2.08. The minimum atomic E-state index is -0.646. The van der Waals surface area contributed by atoms with Crippen LogP contribution in [0.2, 0.25) is 0 Å². The Kier molecular flexibility index (Phi) is 6.54. The predicted octanol–water partition coefficient (Wildman–Crippen LogP) is 2.18. The molecule has 0 radical (unpaired) electrons. The van der Waals surface area contributed by atoms with Gasteiger partial charge in [-0.15, -0.1) is 0 Å². The molecule has 6 heteroatoms. The van der Waals surface area contributed by atoms with Gasteiger partial charge in [-0.05, 0) is 36.4 Å². The molecule has 2 rings (SSSR count). The molecule has 2 aromatic carbocycles. The van der Waals surface area contributed by atoms with Gasteiger partial charge in [-0.3, -0.25) is 14.5 Å². The van der Waals surface area contributed by atoms with Crippen LogP contribution in [0.3, 0.4) is 0 Å². The van der Waals surface area contributed by atoms with Gasteiger partial charge in [0.2, 0.25) is 11.8 Å². The van der Waals surface area contributed by atoms with E-state index in [1.165, 1.54) is 0 Å². The number of likely N-dealkylation sites (N-methyl/N-ethyl adjacent to an activating group) is 1. The maximum Gasteiger partial charge on any atom is 0.239 e. The summed E-state index contributed by atoms with van der Waals surface area (Å²) in [6, 6.07) is 15.6. The lowest BCUT2D eigenvalue weighted by atomic mass is 10.0. The first-order chi connectivity index (χ1) is 12.0. The highest BCUT2D eigenvalue weighted by Crippen LogP contribution is 2.20. The topological polar surface area (TPSA) is 84.7 Å². The number of amides is 2. The fourth-order valence-corrected chi connectivity index (χ4v) is 2.64. The fraction of sp³-hybridized carbons (Fsp3) is 0.263. The van der Waals surface area contributed by atoms with Gasteiger partial charge in [0.1, 0.15) is 11.8 Å². The fourth-order valence-electron chi connectivity index (χ4n) is 2.64. The first kappa shape index (κ1) is 18.5. The van der Waals surface area contributed by atoms with Crippen molar-refractivity contribution in [1.82, 2.24) is 4.90 Å². The lowest BCUT2D eigenvalue weighted by Crippen LogP contribution is -2.42. The summed E-state index contributed by atoms with van der Waals surface area (Å²) < 4.78 is 5.09. The molecule has 2 amide bonds. The zero-order valence-electron chi connectivity index (χ0n) is 14.4. The minimum absolute atomic E-state index is 0.0605. The molecule has 0 fully saturated rings. The highest BCUT2D eigenvalue weighted by molar-refractivity contribution is 5.93. The molecule has 0 aliphatic heterocycles. The van der Waals surface area contributed by atoms with E-state index in [4.69, 9.17) is 10.5 Å². The zero-order chi connectivity index (χ0) is 18.2. The number of anilines is 1. The van der Waals surface area contributed by atoms with Gasteiger partial charge in [-0.1, -0.05) is 37.3 Å². The van der Waals surface area contributed by atoms with E-state index in [0.717, 1.165) is 5.56 Å². The van der Waals surface area contributed by atoms with Crippen LogP contribution in [0.4, 0.5) is 5.69 Å². The van der Waals surface area contributed by atoms with Gasteiger partial charge in [0.15, 0.2) is 0 Å². The second-order valence-corrected chi connectivity index (χ2v) is 5.56. The highest BCUT2D eigenvalue weighted by atomic mass is 16.5. The standard InChI is InChI=1S/C19H23N3O3/c1-3-22(18(19(20)24)14-7-5-4-6-8-14)13-17(23)21-15-9-11-16(25-2)12-10-15/h4-12,18H,3,13H2,1-2H3,(H2,20,24)(H,21,23). The Labute approximate surface area is 147 Å². The lowest BCUT2D eigenvalue weighted by Gasteiger charge is -2.28. The first-order valence-electron chi connectivity index (χ1n) is 8.07. The van der Waals surface area contributed by atoms with Crippen LogP contribution in [0.1, 0.15) is 18.5 Å². The molecule has 1 unspecified atom stereocenters. The Morgan fingerprint density at radius 2 is 1.76 bits per heavy atom. The van der Waals surface area contributed by atoms with Crippen molar-refractivity contribution in [1.29, 1.82) is 0 Å². The van der Waals surface area contributed by atoms with Crippen molar-refractivity contribution < 1.29 is 14.3 Å².